The van der Waals surface area contributed by atoms with Crippen molar-refractivity contribution < 1.29 is 0 Å². The first kappa shape index (κ1) is 19.9. The molecule has 1 saturated heterocycles. The maximum atomic E-state index is 4.76. The van der Waals surface area contributed by atoms with E-state index in [-0.39, 0.29) is 17.0 Å². The Labute approximate surface area is 184 Å². The van der Waals surface area contributed by atoms with E-state index < -0.39 is 0 Å². The molecule has 8 heteroatoms. The molecule has 4 aromatic rings. The van der Waals surface area contributed by atoms with Crippen LogP contribution in [0.15, 0.2) is 54.6 Å². The zero-order valence-electron chi connectivity index (χ0n) is 16.1. The number of anilines is 3. The van der Waals surface area contributed by atoms with Crippen LogP contribution in [0.2, 0.25) is 0 Å². The summed E-state index contributed by atoms with van der Waals surface area (Å²) in [5, 5.41) is 11.8. The molecule has 3 heterocycles. The molecule has 2 N–H and O–H groups in total. The third kappa shape index (κ3) is 4.14. The molecule has 0 spiro atoms. The number of rotatable bonds is 4. The molecule has 5 rings (SSSR count). The number of hydrogen-bond acceptors (Lipinski definition) is 6. The van der Waals surface area contributed by atoms with Crippen molar-refractivity contribution in [2.75, 3.05) is 43.4 Å². The summed E-state index contributed by atoms with van der Waals surface area (Å²) >= 11 is 1.56. The second kappa shape index (κ2) is 8.52. The number of thiazole rings is 1. The molecule has 0 amide bonds. The van der Waals surface area contributed by atoms with E-state index in [0.717, 1.165) is 58.6 Å². The van der Waals surface area contributed by atoms with Gasteiger partial charge in [0.2, 0.25) is 0 Å². The highest BCUT2D eigenvalue weighted by Gasteiger charge is 2.15. The zero-order valence-corrected chi connectivity index (χ0v) is 18.7. The average Bonchev–Trinajstić information content (AvgIpc) is 3.30. The molecule has 29 heavy (non-hydrogen) atoms. The van der Waals surface area contributed by atoms with Crippen molar-refractivity contribution in [1.82, 2.24) is 20.1 Å². The Morgan fingerprint density at radius 3 is 2.41 bits per heavy atom. The van der Waals surface area contributed by atoms with Crippen LogP contribution in [0.3, 0.4) is 0 Å². The van der Waals surface area contributed by atoms with Crippen molar-refractivity contribution >= 4 is 55.2 Å². The Morgan fingerprint density at radius 1 is 0.966 bits per heavy atom. The van der Waals surface area contributed by atoms with Gasteiger partial charge in [-0.15, -0.1) is 17.0 Å². The molecule has 150 valence electrons. The fourth-order valence-corrected chi connectivity index (χ4v) is 4.34. The van der Waals surface area contributed by atoms with Crippen molar-refractivity contribution in [3.63, 3.8) is 0 Å². The summed E-state index contributed by atoms with van der Waals surface area (Å²) in [6.45, 7) is 4.38. The largest absolute Gasteiger partial charge is 0.369 e. The third-order valence-electron chi connectivity index (χ3n) is 5.16. The lowest BCUT2D eigenvalue weighted by Gasteiger charge is -2.34. The monoisotopic (exact) mass is 470 g/mol. The van der Waals surface area contributed by atoms with Crippen LogP contribution in [0, 0.1) is 0 Å². The van der Waals surface area contributed by atoms with E-state index in [1.807, 2.05) is 18.2 Å². The predicted octanol–water partition coefficient (Wildman–Crippen LogP) is 4.76. The Hall–Kier alpha value is -2.42. The molecule has 6 nitrogen and oxygen atoms in total. The minimum absolute atomic E-state index is 0. The van der Waals surface area contributed by atoms with Crippen LogP contribution in [0.4, 0.5) is 16.5 Å². The number of H-pyrrole nitrogens is 1. The van der Waals surface area contributed by atoms with E-state index >= 15 is 0 Å². The van der Waals surface area contributed by atoms with E-state index in [4.69, 9.17) is 4.98 Å². The summed E-state index contributed by atoms with van der Waals surface area (Å²) in [5.74, 6) is 0. The minimum atomic E-state index is 0. The molecule has 1 aliphatic heterocycles. The number of aromatic amines is 1. The fourth-order valence-electron chi connectivity index (χ4n) is 3.51. The quantitative estimate of drug-likeness (QED) is 0.450. The minimum Gasteiger partial charge on any atom is -0.369 e. The lowest BCUT2D eigenvalue weighted by atomic mass is 10.1. The molecule has 2 aromatic carbocycles. The summed E-state index contributed by atoms with van der Waals surface area (Å²) in [6, 6.07) is 18.8. The first-order chi connectivity index (χ1) is 13.8. The molecule has 0 bridgehead atoms. The molecule has 0 atom stereocenters. The first-order valence-electron chi connectivity index (χ1n) is 9.47. The zero-order chi connectivity index (χ0) is 18.9. The molecule has 0 aliphatic carbocycles. The maximum Gasteiger partial charge on any atom is 0.189 e. The number of fused-ring (bicyclic) bond motifs is 1. The molecular formula is C21H23BrN6S. The summed E-state index contributed by atoms with van der Waals surface area (Å²) in [6.07, 6.45) is 0. The summed E-state index contributed by atoms with van der Waals surface area (Å²) in [7, 11) is 2.18. The lowest BCUT2D eigenvalue weighted by Crippen LogP contribution is -2.44. The highest BCUT2D eigenvalue weighted by atomic mass is 79.9. The van der Waals surface area contributed by atoms with Gasteiger partial charge in [-0.2, -0.15) is 5.10 Å². The second-order valence-electron chi connectivity index (χ2n) is 7.10. The van der Waals surface area contributed by atoms with Gasteiger partial charge in [0.25, 0.3) is 0 Å². The molecule has 2 aromatic heterocycles. The van der Waals surface area contributed by atoms with Crippen LogP contribution in [-0.2, 0) is 0 Å². The van der Waals surface area contributed by atoms with E-state index in [2.05, 4.69) is 68.8 Å². The summed E-state index contributed by atoms with van der Waals surface area (Å²) in [5.41, 5.74) is 5.29. The maximum absolute atomic E-state index is 4.76. The smallest absolute Gasteiger partial charge is 0.189 e. The Morgan fingerprint density at radius 2 is 1.69 bits per heavy atom. The van der Waals surface area contributed by atoms with Gasteiger partial charge in [0.05, 0.1) is 5.69 Å². The van der Waals surface area contributed by atoms with Crippen molar-refractivity contribution in [3.05, 3.63) is 54.6 Å². The Bertz CT molecular complexity index is 1070. The van der Waals surface area contributed by atoms with Crippen molar-refractivity contribution in [3.8, 4) is 11.3 Å². The number of aromatic nitrogens is 3. The van der Waals surface area contributed by atoms with E-state index in [9.17, 15) is 0 Å². The fraction of sp³-hybridized carbons (Fsp3) is 0.238. The number of benzene rings is 2. The van der Waals surface area contributed by atoms with Crippen molar-refractivity contribution in [1.29, 1.82) is 0 Å². The first-order valence-corrected chi connectivity index (χ1v) is 10.3. The van der Waals surface area contributed by atoms with Gasteiger partial charge in [-0.1, -0.05) is 41.7 Å². The number of halogens is 1. The van der Waals surface area contributed by atoms with Gasteiger partial charge in [-0.25, -0.2) is 4.98 Å². The van der Waals surface area contributed by atoms with Crippen LogP contribution in [-0.4, -0.2) is 53.3 Å². The standard InChI is InChI=1S/C21H22N6S.BrH/c1-26-11-13-27(14-12-26)17-9-7-16(8-10-17)22-21-23-19-18(24-25-20(19)28-21)15-5-3-2-4-6-15;/h2-10H,11-14H2,1H3,(H,22,23)(H,24,25);1H. The molecular weight excluding hydrogens is 448 g/mol. The van der Waals surface area contributed by atoms with Gasteiger partial charge in [0.1, 0.15) is 5.52 Å². The van der Waals surface area contributed by atoms with Gasteiger partial charge in [0, 0.05) is 43.1 Å². The normalized spacial score (nSPS) is 14.7. The Kier molecular flexibility index (Phi) is 5.84. The summed E-state index contributed by atoms with van der Waals surface area (Å²) in [4.78, 5) is 10.5. The molecule has 0 radical (unpaired) electrons. The van der Waals surface area contributed by atoms with Gasteiger partial charge in [0.15, 0.2) is 9.96 Å². The third-order valence-corrected chi connectivity index (χ3v) is 6.03. The van der Waals surface area contributed by atoms with Gasteiger partial charge in [-0.05, 0) is 31.3 Å². The number of nitrogens with zero attached hydrogens (tertiary/aromatic N) is 4. The highest BCUT2D eigenvalue weighted by molar-refractivity contribution is 8.93. The summed E-state index contributed by atoms with van der Waals surface area (Å²) < 4.78 is 0. The number of piperazine rings is 1. The van der Waals surface area contributed by atoms with Crippen LogP contribution in [0.25, 0.3) is 21.6 Å². The lowest BCUT2D eigenvalue weighted by molar-refractivity contribution is 0.313. The van der Waals surface area contributed by atoms with Gasteiger partial charge in [-0.3, -0.25) is 5.10 Å². The predicted molar refractivity (Wildman–Crippen MR) is 127 cm³/mol. The molecule has 0 unspecified atom stereocenters. The van der Waals surface area contributed by atoms with Crippen molar-refractivity contribution in [2.24, 2.45) is 0 Å². The highest BCUT2D eigenvalue weighted by Crippen LogP contribution is 2.33. The van der Waals surface area contributed by atoms with Gasteiger partial charge >= 0.3 is 0 Å². The SMILES string of the molecule is Br.CN1CCN(c2ccc(Nc3nc4c(-c5ccccc5)[nH]nc4s3)cc2)CC1. The number of hydrogen-bond donors (Lipinski definition) is 2. The molecule has 0 saturated carbocycles. The number of likely N-dealkylation sites (N-methyl/N-ethyl adjacent to an activating group) is 1. The van der Waals surface area contributed by atoms with Crippen LogP contribution >= 0.6 is 28.3 Å². The average molecular weight is 471 g/mol. The van der Waals surface area contributed by atoms with E-state index in [0.29, 0.717) is 0 Å². The van der Waals surface area contributed by atoms with Crippen molar-refractivity contribution in [2.45, 2.75) is 0 Å². The number of nitrogens with one attached hydrogen (secondary N) is 2. The topological polar surface area (TPSA) is 60.1 Å². The van der Waals surface area contributed by atoms with Crippen LogP contribution in [0.5, 0.6) is 0 Å². The van der Waals surface area contributed by atoms with Crippen LogP contribution < -0.4 is 10.2 Å². The Balaban J connectivity index is 0.00000205. The van der Waals surface area contributed by atoms with E-state index in [1.54, 1.807) is 11.3 Å². The molecule has 1 fully saturated rings. The van der Waals surface area contributed by atoms with Gasteiger partial charge < -0.3 is 15.1 Å². The second-order valence-corrected chi connectivity index (χ2v) is 8.08. The van der Waals surface area contributed by atoms with E-state index in [1.165, 1.54) is 5.69 Å². The van der Waals surface area contributed by atoms with Crippen LogP contribution in [0.1, 0.15) is 0 Å². The molecule has 1 aliphatic rings.